The number of likely N-dealkylation sites (tertiary alicyclic amines) is 1. The van der Waals surface area contributed by atoms with E-state index in [9.17, 15) is 4.79 Å². The number of hydrazone groups is 1. The fourth-order valence-electron chi connectivity index (χ4n) is 5.46. The van der Waals surface area contributed by atoms with E-state index in [1.165, 1.54) is 16.7 Å². The van der Waals surface area contributed by atoms with Gasteiger partial charge in [-0.3, -0.25) is 9.69 Å². The second-order valence-electron chi connectivity index (χ2n) is 10.00. The van der Waals surface area contributed by atoms with Crippen molar-refractivity contribution >= 4 is 11.6 Å². The summed E-state index contributed by atoms with van der Waals surface area (Å²) in [6.07, 6.45) is 4.09. The van der Waals surface area contributed by atoms with Gasteiger partial charge in [0.15, 0.2) is 0 Å². The largest absolute Gasteiger partial charge is 0.497 e. The zero-order valence-corrected chi connectivity index (χ0v) is 21.3. The minimum atomic E-state index is -0.0774. The molecule has 1 amide bonds. The molecule has 1 unspecified atom stereocenters. The molecule has 0 aromatic heterocycles. The standard InChI is InChI=1S/C31H35N3O2/c1-23-8-6-7-11-28(23)30-21-29(26-12-14-27(36-2)15-13-26)32-34(30)31(35)22-33-18-16-25(17-19-33)20-24-9-4-3-5-10-24/h3-15,25,30H,16-22H2,1-2H3. The van der Waals surface area contributed by atoms with Crippen molar-refractivity contribution < 1.29 is 9.53 Å². The predicted molar refractivity (Wildman–Crippen MR) is 144 cm³/mol. The molecule has 186 valence electrons. The molecule has 5 rings (SSSR count). The monoisotopic (exact) mass is 481 g/mol. The number of amides is 1. The first-order chi connectivity index (χ1) is 17.6. The molecule has 2 heterocycles. The van der Waals surface area contributed by atoms with Crippen molar-refractivity contribution in [2.75, 3.05) is 26.7 Å². The summed E-state index contributed by atoms with van der Waals surface area (Å²) < 4.78 is 5.31. The molecular weight excluding hydrogens is 446 g/mol. The highest BCUT2D eigenvalue weighted by atomic mass is 16.5. The van der Waals surface area contributed by atoms with Crippen molar-refractivity contribution in [1.29, 1.82) is 0 Å². The van der Waals surface area contributed by atoms with Crippen LogP contribution in [0.5, 0.6) is 5.75 Å². The minimum absolute atomic E-state index is 0.0771. The van der Waals surface area contributed by atoms with Gasteiger partial charge in [-0.05, 0) is 91.7 Å². The van der Waals surface area contributed by atoms with Gasteiger partial charge in [0.25, 0.3) is 5.91 Å². The van der Waals surface area contributed by atoms with E-state index in [0.717, 1.165) is 49.4 Å². The van der Waals surface area contributed by atoms with Crippen molar-refractivity contribution in [3.63, 3.8) is 0 Å². The molecule has 1 saturated heterocycles. The van der Waals surface area contributed by atoms with Gasteiger partial charge in [0.2, 0.25) is 0 Å². The zero-order valence-electron chi connectivity index (χ0n) is 21.3. The highest BCUT2D eigenvalue weighted by Crippen LogP contribution is 2.35. The Balaban J connectivity index is 1.28. The Labute approximate surface area is 214 Å². The molecule has 5 nitrogen and oxygen atoms in total. The lowest BCUT2D eigenvalue weighted by atomic mass is 9.90. The fourth-order valence-corrected chi connectivity index (χ4v) is 5.46. The Hall–Kier alpha value is -3.44. The number of hydrogen-bond donors (Lipinski definition) is 0. The minimum Gasteiger partial charge on any atom is -0.497 e. The lowest BCUT2D eigenvalue weighted by molar-refractivity contribution is -0.134. The Bertz CT molecular complexity index is 1200. The van der Waals surface area contributed by atoms with Crippen LogP contribution >= 0.6 is 0 Å². The summed E-state index contributed by atoms with van der Waals surface area (Å²) in [6, 6.07) is 26.9. The van der Waals surface area contributed by atoms with Crippen molar-refractivity contribution in [1.82, 2.24) is 9.91 Å². The Morgan fingerprint density at radius 1 is 0.944 bits per heavy atom. The summed E-state index contributed by atoms with van der Waals surface area (Å²) in [6.45, 7) is 4.45. The Kier molecular flexibility index (Phi) is 7.47. The molecule has 3 aromatic carbocycles. The SMILES string of the molecule is COc1ccc(C2=NN(C(=O)CN3CCC(Cc4ccccc4)CC3)C(c3ccccc3C)C2)cc1. The van der Waals surface area contributed by atoms with E-state index in [4.69, 9.17) is 9.84 Å². The number of rotatable bonds is 7. The molecule has 1 fully saturated rings. The van der Waals surface area contributed by atoms with Crippen LogP contribution in [0, 0.1) is 12.8 Å². The van der Waals surface area contributed by atoms with Crippen LogP contribution in [-0.4, -0.2) is 48.3 Å². The first-order valence-electron chi connectivity index (χ1n) is 13.0. The van der Waals surface area contributed by atoms with Gasteiger partial charge in [-0.2, -0.15) is 5.10 Å². The first-order valence-corrected chi connectivity index (χ1v) is 13.0. The van der Waals surface area contributed by atoms with Crippen LogP contribution in [-0.2, 0) is 11.2 Å². The molecule has 0 spiro atoms. The average Bonchev–Trinajstić information content (AvgIpc) is 3.36. The van der Waals surface area contributed by atoms with Gasteiger partial charge in [0.05, 0.1) is 25.4 Å². The quantitative estimate of drug-likeness (QED) is 0.439. The molecule has 0 radical (unpaired) electrons. The molecular formula is C31H35N3O2. The predicted octanol–water partition coefficient (Wildman–Crippen LogP) is 5.64. The number of methoxy groups -OCH3 is 1. The molecule has 5 heteroatoms. The number of ether oxygens (including phenoxy) is 1. The average molecular weight is 482 g/mol. The second kappa shape index (κ2) is 11.1. The summed E-state index contributed by atoms with van der Waals surface area (Å²) in [5, 5.41) is 6.63. The van der Waals surface area contributed by atoms with Gasteiger partial charge in [0.1, 0.15) is 5.75 Å². The third-order valence-electron chi connectivity index (χ3n) is 7.57. The van der Waals surface area contributed by atoms with Crippen LogP contribution in [0.4, 0.5) is 0 Å². The maximum absolute atomic E-state index is 13.6. The van der Waals surface area contributed by atoms with E-state index in [0.29, 0.717) is 18.9 Å². The number of benzene rings is 3. The number of carbonyl (C=O) groups excluding carboxylic acids is 1. The molecule has 1 atom stereocenters. The molecule has 2 aliphatic rings. The van der Waals surface area contributed by atoms with Crippen LogP contribution in [0.3, 0.4) is 0 Å². The van der Waals surface area contributed by atoms with Crippen LogP contribution in [0.1, 0.15) is 47.6 Å². The summed E-state index contributed by atoms with van der Waals surface area (Å²) in [4.78, 5) is 15.9. The van der Waals surface area contributed by atoms with Gasteiger partial charge >= 0.3 is 0 Å². The number of carbonyl (C=O) groups is 1. The van der Waals surface area contributed by atoms with Gasteiger partial charge in [-0.15, -0.1) is 0 Å². The maximum atomic E-state index is 13.6. The first kappa shape index (κ1) is 24.3. The molecule has 0 N–H and O–H groups in total. The second-order valence-corrected chi connectivity index (χ2v) is 10.00. The van der Waals surface area contributed by atoms with Crippen LogP contribution in [0.15, 0.2) is 84.0 Å². The van der Waals surface area contributed by atoms with Crippen molar-refractivity contribution in [3.05, 3.63) is 101 Å². The van der Waals surface area contributed by atoms with E-state index >= 15 is 0 Å². The smallest absolute Gasteiger partial charge is 0.257 e. The van der Waals surface area contributed by atoms with E-state index in [1.54, 1.807) is 12.1 Å². The summed E-state index contributed by atoms with van der Waals surface area (Å²) >= 11 is 0. The third kappa shape index (κ3) is 5.52. The van der Waals surface area contributed by atoms with Gasteiger partial charge in [-0.25, -0.2) is 5.01 Å². The van der Waals surface area contributed by atoms with Crippen molar-refractivity contribution in [2.45, 2.75) is 38.6 Å². The highest BCUT2D eigenvalue weighted by molar-refractivity contribution is 6.03. The summed E-state index contributed by atoms with van der Waals surface area (Å²) in [7, 11) is 1.67. The van der Waals surface area contributed by atoms with E-state index in [2.05, 4.69) is 54.3 Å². The van der Waals surface area contributed by atoms with E-state index < -0.39 is 0 Å². The van der Waals surface area contributed by atoms with E-state index in [1.807, 2.05) is 36.4 Å². The van der Waals surface area contributed by atoms with Crippen LogP contribution in [0.2, 0.25) is 0 Å². The molecule has 0 bridgehead atoms. The highest BCUT2D eigenvalue weighted by Gasteiger charge is 2.35. The normalized spacial score (nSPS) is 18.8. The summed E-state index contributed by atoms with van der Waals surface area (Å²) in [5.41, 5.74) is 5.74. The number of nitrogens with zero attached hydrogens (tertiary/aromatic N) is 3. The molecule has 36 heavy (non-hydrogen) atoms. The Morgan fingerprint density at radius 3 is 2.33 bits per heavy atom. The van der Waals surface area contributed by atoms with Gasteiger partial charge < -0.3 is 4.74 Å². The topological polar surface area (TPSA) is 45.1 Å². The van der Waals surface area contributed by atoms with Crippen LogP contribution in [0.25, 0.3) is 0 Å². The molecule has 0 aliphatic carbocycles. The number of piperidine rings is 1. The Morgan fingerprint density at radius 2 is 1.64 bits per heavy atom. The van der Waals surface area contributed by atoms with Crippen molar-refractivity contribution in [2.24, 2.45) is 11.0 Å². The number of aryl methyl sites for hydroxylation is 1. The molecule has 2 aliphatic heterocycles. The maximum Gasteiger partial charge on any atom is 0.257 e. The lowest BCUT2D eigenvalue weighted by Gasteiger charge is -2.33. The van der Waals surface area contributed by atoms with E-state index in [-0.39, 0.29) is 11.9 Å². The zero-order chi connectivity index (χ0) is 24.9. The molecule has 0 saturated carbocycles. The molecule has 3 aromatic rings. The van der Waals surface area contributed by atoms with Crippen molar-refractivity contribution in [3.8, 4) is 5.75 Å². The lowest BCUT2D eigenvalue weighted by Crippen LogP contribution is -2.42. The van der Waals surface area contributed by atoms with Gasteiger partial charge in [0, 0.05) is 6.42 Å². The van der Waals surface area contributed by atoms with Crippen LogP contribution < -0.4 is 4.74 Å². The van der Waals surface area contributed by atoms with Gasteiger partial charge in [-0.1, -0.05) is 54.6 Å². The fraction of sp³-hybridized carbons (Fsp3) is 0.355. The summed E-state index contributed by atoms with van der Waals surface area (Å²) in [5.74, 6) is 1.58. The number of hydrogen-bond acceptors (Lipinski definition) is 4. The third-order valence-corrected chi connectivity index (χ3v) is 7.57.